The second kappa shape index (κ2) is 11.2. The van der Waals surface area contributed by atoms with Crippen LogP contribution in [0.1, 0.15) is 40.6 Å². The zero-order chi connectivity index (χ0) is 24.8. The lowest BCUT2D eigenvalue weighted by Gasteiger charge is -2.29. The fraction of sp³-hybridized carbons (Fsp3) is 0.296. The standard InChI is InChI=1S/C27H29N3O4S/c1-4-19-17-25(31)30(29-26(19)20-9-12-22(33-2)23(16-20)34-3)14-13-18-7-10-21(11-8-18)28-27(32)24-6-5-15-35-24/h5-12,15-16,19H,4,13-14,17H2,1-3H3,(H,28,32). The summed E-state index contributed by atoms with van der Waals surface area (Å²) in [5, 5.41) is 11.1. The van der Waals surface area contributed by atoms with Crippen LogP contribution in [0.5, 0.6) is 11.5 Å². The van der Waals surface area contributed by atoms with Gasteiger partial charge in [-0.05, 0) is 60.2 Å². The lowest BCUT2D eigenvalue weighted by atomic mass is 9.89. The molecule has 182 valence electrons. The molecule has 1 atom stereocenters. The minimum atomic E-state index is -0.117. The molecule has 8 heteroatoms. The molecule has 7 nitrogen and oxygen atoms in total. The normalized spacial score (nSPS) is 15.5. The third-order valence-corrected chi connectivity index (χ3v) is 6.93. The van der Waals surface area contributed by atoms with Gasteiger partial charge in [0.25, 0.3) is 5.91 Å². The quantitative estimate of drug-likeness (QED) is 0.445. The van der Waals surface area contributed by atoms with Crippen molar-refractivity contribution < 1.29 is 19.1 Å². The Bertz CT molecular complexity index is 1210. The third-order valence-electron chi connectivity index (χ3n) is 6.07. The second-order valence-electron chi connectivity index (χ2n) is 8.26. The molecule has 0 spiro atoms. The first-order chi connectivity index (χ1) is 17.0. The molecule has 4 rings (SSSR count). The van der Waals surface area contributed by atoms with Crippen molar-refractivity contribution in [2.24, 2.45) is 11.0 Å². The molecule has 3 aromatic rings. The van der Waals surface area contributed by atoms with Crippen molar-refractivity contribution >= 4 is 34.6 Å². The van der Waals surface area contributed by atoms with Crippen molar-refractivity contribution in [3.63, 3.8) is 0 Å². The maximum Gasteiger partial charge on any atom is 0.265 e. The maximum absolute atomic E-state index is 12.8. The van der Waals surface area contributed by atoms with Crippen molar-refractivity contribution in [1.29, 1.82) is 0 Å². The van der Waals surface area contributed by atoms with E-state index in [0.29, 0.717) is 35.8 Å². The Kier molecular flexibility index (Phi) is 7.82. The van der Waals surface area contributed by atoms with Gasteiger partial charge in [0.05, 0.1) is 24.8 Å². The number of anilines is 1. The number of ether oxygens (including phenoxy) is 2. The van der Waals surface area contributed by atoms with E-state index in [-0.39, 0.29) is 17.7 Å². The monoisotopic (exact) mass is 491 g/mol. The van der Waals surface area contributed by atoms with Gasteiger partial charge in [-0.1, -0.05) is 25.1 Å². The Morgan fingerprint density at radius 2 is 1.89 bits per heavy atom. The highest BCUT2D eigenvalue weighted by Gasteiger charge is 2.29. The van der Waals surface area contributed by atoms with Gasteiger partial charge in [-0.2, -0.15) is 5.10 Å². The third kappa shape index (κ3) is 5.71. The van der Waals surface area contributed by atoms with Gasteiger partial charge in [0.15, 0.2) is 11.5 Å². The first-order valence-electron chi connectivity index (χ1n) is 11.6. The Labute approximate surface area is 209 Å². The molecule has 0 saturated heterocycles. The first-order valence-corrected chi connectivity index (χ1v) is 12.5. The van der Waals surface area contributed by atoms with Crippen LogP contribution in [0.3, 0.4) is 0 Å². The number of carbonyl (C=O) groups excluding carboxylic acids is 2. The average Bonchev–Trinajstić information content (AvgIpc) is 3.43. The molecule has 2 heterocycles. The summed E-state index contributed by atoms with van der Waals surface area (Å²) in [5.74, 6) is 1.26. The summed E-state index contributed by atoms with van der Waals surface area (Å²) in [4.78, 5) is 25.7. The van der Waals surface area contributed by atoms with Gasteiger partial charge in [-0.15, -0.1) is 11.3 Å². The zero-order valence-corrected chi connectivity index (χ0v) is 20.9. The first kappa shape index (κ1) is 24.5. The highest BCUT2D eigenvalue weighted by Crippen LogP contribution is 2.31. The summed E-state index contributed by atoms with van der Waals surface area (Å²) in [6.07, 6.45) is 1.91. The lowest BCUT2D eigenvalue weighted by Crippen LogP contribution is -2.38. The number of amides is 2. The highest BCUT2D eigenvalue weighted by atomic mass is 32.1. The van der Waals surface area contributed by atoms with Gasteiger partial charge < -0.3 is 14.8 Å². The van der Waals surface area contributed by atoms with Crippen LogP contribution in [0.15, 0.2) is 65.1 Å². The second-order valence-corrected chi connectivity index (χ2v) is 9.21. The van der Waals surface area contributed by atoms with E-state index in [4.69, 9.17) is 14.6 Å². The Morgan fingerprint density at radius 3 is 2.54 bits per heavy atom. The van der Waals surface area contributed by atoms with E-state index in [1.54, 1.807) is 25.3 Å². The molecule has 2 aromatic carbocycles. The molecule has 35 heavy (non-hydrogen) atoms. The molecule has 0 fully saturated rings. The van der Waals surface area contributed by atoms with E-state index in [1.807, 2.05) is 53.9 Å². The van der Waals surface area contributed by atoms with E-state index >= 15 is 0 Å². The molecule has 0 bridgehead atoms. The minimum absolute atomic E-state index is 0.0286. The fourth-order valence-electron chi connectivity index (χ4n) is 4.07. The molecule has 0 aliphatic carbocycles. The van der Waals surface area contributed by atoms with Crippen molar-refractivity contribution in [3.8, 4) is 11.5 Å². The summed E-state index contributed by atoms with van der Waals surface area (Å²) < 4.78 is 10.8. The summed E-state index contributed by atoms with van der Waals surface area (Å²) in [6, 6.07) is 17.1. The van der Waals surface area contributed by atoms with Gasteiger partial charge in [0.2, 0.25) is 5.91 Å². The van der Waals surface area contributed by atoms with Crippen LogP contribution >= 0.6 is 11.3 Å². The van der Waals surface area contributed by atoms with E-state index in [9.17, 15) is 9.59 Å². The predicted molar refractivity (Wildman–Crippen MR) is 139 cm³/mol. The number of benzene rings is 2. The molecule has 1 aliphatic heterocycles. The molecule has 2 amide bonds. The molecule has 1 unspecified atom stereocenters. The highest BCUT2D eigenvalue weighted by molar-refractivity contribution is 7.12. The van der Waals surface area contributed by atoms with E-state index in [1.165, 1.54) is 11.3 Å². The van der Waals surface area contributed by atoms with Crippen LogP contribution in [-0.4, -0.2) is 43.3 Å². The van der Waals surface area contributed by atoms with Crippen molar-refractivity contribution in [2.75, 3.05) is 26.1 Å². The van der Waals surface area contributed by atoms with E-state index in [0.717, 1.165) is 28.9 Å². The van der Waals surface area contributed by atoms with Crippen LogP contribution in [0, 0.1) is 5.92 Å². The lowest BCUT2D eigenvalue weighted by molar-refractivity contribution is -0.132. The molecule has 1 N–H and O–H groups in total. The van der Waals surface area contributed by atoms with Gasteiger partial charge in [-0.25, -0.2) is 5.01 Å². The number of rotatable bonds is 9. The van der Waals surface area contributed by atoms with Crippen LogP contribution in [-0.2, 0) is 11.2 Å². The molecular weight excluding hydrogens is 462 g/mol. The van der Waals surface area contributed by atoms with Gasteiger partial charge in [0.1, 0.15) is 0 Å². The molecule has 1 aromatic heterocycles. The Balaban J connectivity index is 1.45. The van der Waals surface area contributed by atoms with Crippen LogP contribution < -0.4 is 14.8 Å². The van der Waals surface area contributed by atoms with Gasteiger partial charge in [0, 0.05) is 30.1 Å². The van der Waals surface area contributed by atoms with Gasteiger partial charge >= 0.3 is 0 Å². The van der Waals surface area contributed by atoms with Crippen LogP contribution in [0.4, 0.5) is 5.69 Å². The Hall–Kier alpha value is -3.65. The van der Waals surface area contributed by atoms with E-state index < -0.39 is 0 Å². The largest absolute Gasteiger partial charge is 0.493 e. The summed E-state index contributed by atoms with van der Waals surface area (Å²) in [7, 11) is 3.21. The SMILES string of the molecule is CCC1CC(=O)N(CCc2ccc(NC(=O)c3cccs3)cc2)N=C1c1ccc(OC)c(OC)c1. The maximum atomic E-state index is 12.8. The Morgan fingerprint density at radius 1 is 1.11 bits per heavy atom. The van der Waals surface area contributed by atoms with Gasteiger partial charge in [-0.3, -0.25) is 9.59 Å². The number of carbonyl (C=O) groups is 2. The number of thiophene rings is 1. The van der Waals surface area contributed by atoms with Crippen LogP contribution in [0.25, 0.3) is 0 Å². The fourth-order valence-corrected chi connectivity index (χ4v) is 4.69. The smallest absolute Gasteiger partial charge is 0.265 e. The number of hydrogen-bond acceptors (Lipinski definition) is 6. The zero-order valence-electron chi connectivity index (χ0n) is 20.1. The molecular formula is C27H29N3O4S. The van der Waals surface area contributed by atoms with Crippen molar-refractivity contribution in [1.82, 2.24) is 5.01 Å². The number of hydrogen-bond donors (Lipinski definition) is 1. The topological polar surface area (TPSA) is 80.2 Å². The predicted octanol–water partition coefficient (Wildman–Crippen LogP) is 5.22. The average molecular weight is 492 g/mol. The molecule has 0 radical (unpaired) electrons. The molecule has 0 saturated carbocycles. The number of methoxy groups -OCH3 is 2. The number of hydrazone groups is 1. The number of nitrogens with zero attached hydrogens (tertiary/aromatic N) is 2. The van der Waals surface area contributed by atoms with Crippen molar-refractivity contribution in [2.45, 2.75) is 26.2 Å². The number of nitrogens with one attached hydrogen (secondary N) is 1. The summed E-state index contributed by atoms with van der Waals surface area (Å²) >= 11 is 1.41. The van der Waals surface area contributed by atoms with Crippen molar-refractivity contribution in [3.05, 3.63) is 76.0 Å². The summed E-state index contributed by atoms with van der Waals surface area (Å²) in [5.41, 5.74) is 3.62. The van der Waals surface area contributed by atoms with E-state index in [2.05, 4.69) is 12.2 Å². The minimum Gasteiger partial charge on any atom is -0.493 e. The molecule has 1 aliphatic rings. The summed E-state index contributed by atoms with van der Waals surface area (Å²) in [6.45, 7) is 2.55. The van der Waals surface area contributed by atoms with Crippen LogP contribution in [0.2, 0.25) is 0 Å².